The fourth-order valence-corrected chi connectivity index (χ4v) is 4.30. The van der Waals surface area contributed by atoms with Gasteiger partial charge in [-0.05, 0) is 63.6 Å². The maximum atomic E-state index is 12.9. The second kappa shape index (κ2) is 8.67. The summed E-state index contributed by atoms with van der Waals surface area (Å²) in [6.07, 6.45) is 4.81. The second-order valence-electron chi connectivity index (χ2n) is 7.85. The molecule has 0 bridgehead atoms. The highest BCUT2D eigenvalue weighted by atomic mass is 16.2. The smallest absolute Gasteiger partial charge is 0.239 e. The largest absolute Gasteiger partial charge is 0.369 e. The Hall–Kier alpha value is -1.88. The number of carbonyl (C=O) groups excluding carboxylic acids is 2. The lowest BCUT2D eigenvalue weighted by Gasteiger charge is -2.39. The third kappa shape index (κ3) is 4.64. The van der Waals surface area contributed by atoms with Crippen LogP contribution in [0.1, 0.15) is 38.2 Å². The van der Waals surface area contributed by atoms with Crippen molar-refractivity contribution >= 4 is 11.8 Å². The number of amides is 2. The van der Waals surface area contributed by atoms with Gasteiger partial charge in [-0.15, -0.1) is 0 Å². The molecule has 1 aromatic rings. The molecule has 2 aliphatic heterocycles. The summed E-state index contributed by atoms with van der Waals surface area (Å²) in [6.45, 7) is 5.29. The molecule has 0 aromatic heterocycles. The second-order valence-corrected chi connectivity index (χ2v) is 7.85. The summed E-state index contributed by atoms with van der Waals surface area (Å²) in [7, 11) is 0. The molecule has 5 nitrogen and oxygen atoms in total. The molecule has 1 aromatic carbocycles. The van der Waals surface area contributed by atoms with Crippen molar-refractivity contribution in [3.63, 3.8) is 0 Å². The van der Waals surface area contributed by atoms with Gasteiger partial charge in [-0.3, -0.25) is 14.5 Å². The van der Waals surface area contributed by atoms with Crippen molar-refractivity contribution < 1.29 is 9.59 Å². The molecule has 142 valence electrons. The van der Waals surface area contributed by atoms with E-state index in [4.69, 9.17) is 5.73 Å². The van der Waals surface area contributed by atoms with Crippen molar-refractivity contribution in [1.82, 2.24) is 9.80 Å². The monoisotopic (exact) mass is 357 g/mol. The maximum absolute atomic E-state index is 12.9. The van der Waals surface area contributed by atoms with Crippen LogP contribution < -0.4 is 5.73 Å². The molecular formula is C21H31N3O2. The van der Waals surface area contributed by atoms with Gasteiger partial charge in [0.25, 0.3) is 0 Å². The number of piperidine rings is 2. The Morgan fingerprint density at radius 1 is 1.04 bits per heavy atom. The molecule has 1 atom stereocenters. The lowest BCUT2D eigenvalue weighted by atomic mass is 9.90. The van der Waals surface area contributed by atoms with Crippen LogP contribution in [0.5, 0.6) is 0 Å². The van der Waals surface area contributed by atoms with Gasteiger partial charge >= 0.3 is 0 Å². The molecule has 26 heavy (non-hydrogen) atoms. The highest BCUT2D eigenvalue weighted by molar-refractivity contribution is 5.81. The van der Waals surface area contributed by atoms with Gasteiger partial charge in [-0.2, -0.15) is 0 Å². The molecule has 0 aliphatic carbocycles. The number of rotatable bonds is 5. The minimum atomic E-state index is -0.205. The van der Waals surface area contributed by atoms with E-state index in [1.165, 1.54) is 5.56 Å². The molecule has 5 heteroatoms. The van der Waals surface area contributed by atoms with Gasteiger partial charge in [0, 0.05) is 19.0 Å². The normalized spacial score (nSPS) is 21.5. The molecule has 3 rings (SSSR count). The maximum Gasteiger partial charge on any atom is 0.239 e. The van der Waals surface area contributed by atoms with Crippen molar-refractivity contribution in [3.05, 3.63) is 35.9 Å². The summed E-state index contributed by atoms with van der Waals surface area (Å²) in [5.74, 6) is 0.676. The van der Waals surface area contributed by atoms with E-state index >= 15 is 0 Å². The van der Waals surface area contributed by atoms with Gasteiger partial charge in [-0.25, -0.2) is 0 Å². The van der Waals surface area contributed by atoms with E-state index in [1.54, 1.807) is 0 Å². The highest BCUT2D eigenvalue weighted by Gasteiger charge is 2.32. The van der Waals surface area contributed by atoms with E-state index in [0.717, 1.165) is 58.3 Å². The summed E-state index contributed by atoms with van der Waals surface area (Å²) in [4.78, 5) is 28.4. The number of primary amides is 1. The fraction of sp³-hybridized carbons (Fsp3) is 0.619. The first-order chi connectivity index (χ1) is 12.5. The third-order valence-electron chi connectivity index (χ3n) is 6.13. The SMILES string of the molecule is C[C@@H](C(=O)N1CCC(Cc2ccccc2)CC1)N1CCC(C(N)=O)CC1. The van der Waals surface area contributed by atoms with E-state index < -0.39 is 0 Å². The molecule has 2 amide bonds. The molecule has 0 unspecified atom stereocenters. The zero-order chi connectivity index (χ0) is 18.5. The summed E-state index contributed by atoms with van der Waals surface area (Å²) < 4.78 is 0. The zero-order valence-electron chi connectivity index (χ0n) is 15.8. The summed E-state index contributed by atoms with van der Waals surface area (Å²) >= 11 is 0. The number of benzene rings is 1. The number of hydrogen-bond donors (Lipinski definition) is 1. The van der Waals surface area contributed by atoms with Crippen LogP contribution in [0.15, 0.2) is 30.3 Å². The fourth-order valence-electron chi connectivity index (χ4n) is 4.30. The Bertz CT molecular complexity index is 603. The molecule has 0 saturated carbocycles. The number of hydrogen-bond acceptors (Lipinski definition) is 3. The van der Waals surface area contributed by atoms with Crippen LogP contribution in [0.4, 0.5) is 0 Å². The Labute approximate surface area is 156 Å². The van der Waals surface area contributed by atoms with E-state index in [9.17, 15) is 9.59 Å². The minimum absolute atomic E-state index is 0.0257. The first kappa shape index (κ1) is 18.9. The van der Waals surface area contributed by atoms with Gasteiger partial charge in [0.2, 0.25) is 11.8 Å². The minimum Gasteiger partial charge on any atom is -0.369 e. The standard InChI is InChI=1S/C21H31N3O2/c1-16(23-13-9-19(10-14-23)20(22)25)21(26)24-11-7-18(8-12-24)15-17-5-3-2-4-6-17/h2-6,16,18-19H,7-15H2,1H3,(H2,22,25)/t16-/m0/s1. The van der Waals surface area contributed by atoms with Crippen LogP contribution in [0.25, 0.3) is 0 Å². The predicted octanol–water partition coefficient (Wildman–Crippen LogP) is 2.05. The van der Waals surface area contributed by atoms with Crippen LogP contribution in [-0.2, 0) is 16.0 Å². The van der Waals surface area contributed by atoms with E-state index in [0.29, 0.717) is 5.92 Å². The van der Waals surface area contributed by atoms with Crippen LogP contribution in [0.3, 0.4) is 0 Å². The topological polar surface area (TPSA) is 66.6 Å². The highest BCUT2D eigenvalue weighted by Crippen LogP contribution is 2.24. The van der Waals surface area contributed by atoms with E-state index in [-0.39, 0.29) is 23.8 Å². The van der Waals surface area contributed by atoms with E-state index in [2.05, 4.69) is 35.2 Å². The van der Waals surface area contributed by atoms with Crippen LogP contribution in [0.2, 0.25) is 0 Å². The van der Waals surface area contributed by atoms with Gasteiger partial charge in [0.05, 0.1) is 6.04 Å². The van der Waals surface area contributed by atoms with Crippen LogP contribution in [-0.4, -0.2) is 53.8 Å². The van der Waals surface area contributed by atoms with Crippen LogP contribution in [0, 0.1) is 11.8 Å². The van der Waals surface area contributed by atoms with Gasteiger partial charge < -0.3 is 10.6 Å². The zero-order valence-corrected chi connectivity index (χ0v) is 15.8. The molecule has 2 N–H and O–H groups in total. The Morgan fingerprint density at radius 2 is 1.65 bits per heavy atom. The molecule has 0 radical (unpaired) electrons. The van der Waals surface area contributed by atoms with Crippen molar-refractivity contribution in [2.24, 2.45) is 17.6 Å². The number of carbonyl (C=O) groups is 2. The van der Waals surface area contributed by atoms with Crippen molar-refractivity contribution in [2.75, 3.05) is 26.2 Å². The van der Waals surface area contributed by atoms with E-state index in [1.807, 2.05) is 11.8 Å². The molecule has 2 aliphatic rings. The van der Waals surface area contributed by atoms with Gasteiger partial charge in [0.1, 0.15) is 0 Å². The lowest BCUT2D eigenvalue weighted by molar-refractivity contribution is -0.138. The number of nitrogens with zero attached hydrogens (tertiary/aromatic N) is 2. The van der Waals surface area contributed by atoms with Gasteiger partial charge in [0.15, 0.2) is 0 Å². The van der Waals surface area contributed by atoms with Crippen molar-refractivity contribution in [1.29, 1.82) is 0 Å². The number of nitrogens with two attached hydrogens (primary N) is 1. The average Bonchev–Trinajstić information content (AvgIpc) is 2.68. The summed E-state index contributed by atoms with van der Waals surface area (Å²) in [5, 5.41) is 0. The van der Waals surface area contributed by atoms with Crippen molar-refractivity contribution in [2.45, 2.75) is 45.1 Å². The molecular weight excluding hydrogens is 326 g/mol. The molecule has 2 saturated heterocycles. The molecule has 2 fully saturated rings. The molecule has 0 spiro atoms. The lowest BCUT2D eigenvalue weighted by Crippen LogP contribution is -2.52. The Kier molecular flexibility index (Phi) is 6.30. The number of likely N-dealkylation sites (tertiary alicyclic amines) is 2. The predicted molar refractivity (Wildman–Crippen MR) is 102 cm³/mol. The van der Waals surface area contributed by atoms with Crippen molar-refractivity contribution in [3.8, 4) is 0 Å². The third-order valence-corrected chi connectivity index (χ3v) is 6.13. The Balaban J connectivity index is 1.45. The first-order valence-corrected chi connectivity index (χ1v) is 9.90. The summed E-state index contributed by atoms with van der Waals surface area (Å²) in [6, 6.07) is 10.5. The summed E-state index contributed by atoms with van der Waals surface area (Å²) in [5.41, 5.74) is 6.79. The van der Waals surface area contributed by atoms with Gasteiger partial charge in [-0.1, -0.05) is 30.3 Å². The quantitative estimate of drug-likeness (QED) is 0.877. The molecule has 2 heterocycles. The Morgan fingerprint density at radius 3 is 2.23 bits per heavy atom. The first-order valence-electron chi connectivity index (χ1n) is 9.90. The van der Waals surface area contributed by atoms with Crippen LogP contribution >= 0.6 is 0 Å². The average molecular weight is 357 g/mol.